The van der Waals surface area contributed by atoms with Crippen molar-refractivity contribution >= 4 is 56.7 Å². The highest BCUT2D eigenvalue weighted by atomic mass is 79.9. The summed E-state index contributed by atoms with van der Waals surface area (Å²) in [6.45, 7) is 1.16. The van der Waals surface area contributed by atoms with Gasteiger partial charge < -0.3 is 14.6 Å². The summed E-state index contributed by atoms with van der Waals surface area (Å²) in [5.41, 5.74) is 1.31. The standard InChI is InChI=1S/C24H27BrN4O5/c1-34-10-4-9-26-21(30)14-28-13-15(18-12-16(25)7-8-20(18)28)11-19-22(31)27-24(33)29(23(19)32)17-5-2-3-6-17/h7-8,11-13,17H,2-6,9-10,14H2,1H3,(H,26,30)(H,27,31,33)/b19-11-. The minimum Gasteiger partial charge on any atom is -0.385 e. The van der Waals surface area contributed by atoms with Crippen LogP contribution in [0.5, 0.6) is 0 Å². The summed E-state index contributed by atoms with van der Waals surface area (Å²) in [6, 6.07) is 4.76. The Morgan fingerprint density at radius 3 is 2.76 bits per heavy atom. The van der Waals surface area contributed by atoms with Gasteiger partial charge in [0.2, 0.25) is 5.91 Å². The summed E-state index contributed by atoms with van der Waals surface area (Å²) in [7, 11) is 1.61. The molecule has 1 saturated heterocycles. The molecule has 0 atom stereocenters. The first-order valence-electron chi connectivity index (χ1n) is 11.3. The van der Waals surface area contributed by atoms with Crippen molar-refractivity contribution in [2.75, 3.05) is 20.3 Å². The third-order valence-electron chi connectivity index (χ3n) is 6.16. The predicted molar refractivity (Wildman–Crippen MR) is 130 cm³/mol. The van der Waals surface area contributed by atoms with Crippen LogP contribution in [0.3, 0.4) is 0 Å². The number of rotatable bonds is 8. The van der Waals surface area contributed by atoms with Gasteiger partial charge in [-0.25, -0.2) is 4.79 Å². The van der Waals surface area contributed by atoms with Gasteiger partial charge in [-0.15, -0.1) is 0 Å². The number of hydrogen-bond donors (Lipinski definition) is 2. The second-order valence-electron chi connectivity index (χ2n) is 8.50. The molecule has 1 aromatic heterocycles. The van der Waals surface area contributed by atoms with Crippen molar-refractivity contribution in [3.63, 3.8) is 0 Å². The van der Waals surface area contributed by atoms with Gasteiger partial charge in [0.05, 0.1) is 0 Å². The van der Waals surface area contributed by atoms with E-state index < -0.39 is 17.8 Å². The Balaban J connectivity index is 1.64. The minimum absolute atomic E-state index is 0.0844. The number of hydrogen-bond acceptors (Lipinski definition) is 5. The molecule has 0 unspecified atom stereocenters. The summed E-state index contributed by atoms with van der Waals surface area (Å²) in [6.07, 6.45) is 7.35. The minimum atomic E-state index is -0.712. The van der Waals surface area contributed by atoms with Crippen molar-refractivity contribution in [3.05, 3.63) is 40.0 Å². The highest BCUT2D eigenvalue weighted by Gasteiger charge is 2.40. The largest absolute Gasteiger partial charge is 0.385 e. The van der Waals surface area contributed by atoms with Crippen LogP contribution in [0.15, 0.2) is 34.4 Å². The molecular formula is C24H27BrN4O5. The molecule has 34 heavy (non-hydrogen) atoms. The molecule has 10 heteroatoms. The lowest BCUT2D eigenvalue weighted by molar-refractivity contribution is -0.131. The van der Waals surface area contributed by atoms with Gasteiger partial charge in [0.1, 0.15) is 12.1 Å². The maximum absolute atomic E-state index is 13.2. The number of urea groups is 1. The van der Waals surface area contributed by atoms with E-state index in [0.717, 1.165) is 41.1 Å². The molecule has 180 valence electrons. The van der Waals surface area contributed by atoms with Gasteiger partial charge in [-0.1, -0.05) is 28.8 Å². The first-order valence-corrected chi connectivity index (χ1v) is 12.1. The van der Waals surface area contributed by atoms with Crippen molar-refractivity contribution in [2.45, 2.75) is 44.7 Å². The normalized spacial score (nSPS) is 18.2. The van der Waals surface area contributed by atoms with Crippen LogP contribution in [0.4, 0.5) is 4.79 Å². The number of nitrogens with one attached hydrogen (secondary N) is 2. The van der Waals surface area contributed by atoms with Crippen molar-refractivity contribution in [1.82, 2.24) is 20.1 Å². The van der Waals surface area contributed by atoms with Gasteiger partial charge in [-0.05, 0) is 43.5 Å². The molecule has 5 amide bonds. The van der Waals surface area contributed by atoms with E-state index in [9.17, 15) is 19.2 Å². The molecule has 2 heterocycles. The molecule has 1 aliphatic carbocycles. The van der Waals surface area contributed by atoms with Gasteiger partial charge in [0.15, 0.2) is 0 Å². The van der Waals surface area contributed by atoms with E-state index >= 15 is 0 Å². The number of benzene rings is 1. The Morgan fingerprint density at radius 1 is 1.26 bits per heavy atom. The van der Waals surface area contributed by atoms with E-state index in [2.05, 4.69) is 26.6 Å². The number of amides is 5. The third-order valence-corrected chi connectivity index (χ3v) is 6.65. The van der Waals surface area contributed by atoms with Crippen LogP contribution >= 0.6 is 15.9 Å². The Kier molecular flexibility index (Phi) is 7.47. The van der Waals surface area contributed by atoms with Crippen LogP contribution in [-0.2, 0) is 25.7 Å². The van der Waals surface area contributed by atoms with E-state index in [1.54, 1.807) is 17.9 Å². The van der Waals surface area contributed by atoms with Gasteiger partial charge in [-0.2, -0.15) is 0 Å². The number of carbonyl (C=O) groups is 4. The molecule has 2 fully saturated rings. The van der Waals surface area contributed by atoms with Crippen LogP contribution in [0.25, 0.3) is 17.0 Å². The van der Waals surface area contributed by atoms with Crippen LogP contribution in [-0.4, -0.2) is 59.5 Å². The molecular weight excluding hydrogens is 504 g/mol. The number of ether oxygens (including phenoxy) is 1. The molecule has 2 aromatic rings. The predicted octanol–water partition coefficient (Wildman–Crippen LogP) is 2.96. The number of aromatic nitrogens is 1. The summed E-state index contributed by atoms with van der Waals surface area (Å²) in [4.78, 5) is 51.8. The van der Waals surface area contributed by atoms with Crippen molar-refractivity contribution in [1.29, 1.82) is 0 Å². The molecule has 1 aliphatic heterocycles. The summed E-state index contributed by atoms with van der Waals surface area (Å²) in [5, 5.41) is 5.95. The van der Waals surface area contributed by atoms with E-state index in [1.165, 1.54) is 11.0 Å². The summed E-state index contributed by atoms with van der Waals surface area (Å²) in [5.74, 6) is -1.44. The number of barbiturate groups is 1. The average Bonchev–Trinajstić information content (AvgIpc) is 3.43. The van der Waals surface area contributed by atoms with Crippen LogP contribution in [0, 0.1) is 0 Å². The molecule has 2 aliphatic rings. The van der Waals surface area contributed by atoms with E-state index in [4.69, 9.17) is 4.74 Å². The molecule has 0 bridgehead atoms. The van der Waals surface area contributed by atoms with Crippen LogP contribution in [0.2, 0.25) is 0 Å². The first kappa shape index (κ1) is 24.2. The summed E-state index contributed by atoms with van der Waals surface area (Å²) >= 11 is 3.47. The zero-order chi connectivity index (χ0) is 24.2. The second-order valence-corrected chi connectivity index (χ2v) is 9.42. The lowest BCUT2D eigenvalue weighted by Crippen LogP contribution is -2.57. The number of fused-ring (bicyclic) bond motifs is 1. The fraction of sp³-hybridized carbons (Fsp3) is 0.417. The van der Waals surface area contributed by atoms with Gasteiger partial charge >= 0.3 is 6.03 Å². The zero-order valence-corrected chi connectivity index (χ0v) is 20.5. The second kappa shape index (κ2) is 10.5. The quantitative estimate of drug-likeness (QED) is 0.309. The maximum Gasteiger partial charge on any atom is 0.331 e. The van der Waals surface area contributed by atoms with Crippen molar-refractivity contribution in [3.8, 4) is 0 Å². The molecule has 0 spiro atoms. The van der Waals surface area contributed by atoms with E-state index in [-0.39, 0.29) is 24.1 Å². The van der Waals surface area contributed by atoms with Gasteiger partial charge in [0, 0.05) is 53.4 Å². The average molecular weight is 531 g/mol. The highest BCUT2D eigenvalue weighted by Crippen LogP contribution is 2.30. The molecule has 0 radical (unpaired) electrons. The Hall–Kier alpha value is -2.98. The highest BCUT2D eigenvalue weighted by molar-refractivity contribution is 9.10. The Morgan fingerprint density at radius 2 is 2.03 bits per heavy atom. The molecule has 9 nitrogen and oxygen atoms in total. The molecule has 4 rings (SSSR count). The lowest BCUT2D eigenvalue weighted by atomic mass is 10.0. The number of carbonyl (C=O) groups excluding carboxylic acids is 4. The van der Waals surface area contributed by atoms with Crippen LogP contribution < -0.4 is 10.6 Å². The number of nitrogens with zero attached hydrogens (tertiary/aromatic N) is 2. The van der Waals surface area contributed by atoms with E-state index in [0.29, 0.717) is 25.1 Å². The fourth-order valence-electron chi connectivity index (χ4n) is 4.52. The zero-order valence-electron chi connectivity index (χ0n) is 18.9. The van der Waals surface area contributed by atoms with Crippen molar-refractivity contribution in [2.24, 2.45) is 0 Å². The van der Waals surface area contributed by atoms with Crippen molar-refractivity contribution < 1.29 is 23.9 Å². The van der Waals surface area contributed by atoms with Gasteiger partial charge in [0.25, 0.3) is 11.8 Å². The Labute approximate surface area is 205 Å². The Bertz CT molecular complexity index is 1170. The number of methoxy groups -OCH3 is 1. The van der Waals surface area contributed by atoms with Gasteiger partial charge in [-0.3, -0.25) is 24.6 Å². The molecule has 1 aromatic carbocycles. The molecule has 2 N–H and O–H groups in total. The number of halogens is 1. The smallest absolute Gasteiger partial charge is 0.331 e. The lowest BCUT2D eigenvalue weighted by Gasteiger charge is -2.31. The third kappa shape index (κ3) is 5.07. The monoisotopic (exact) mass is 530 g/mol. The topological polar surface area (TPSA) is 110 Å². The number of imide groups is 2. The molecule has 1 saturated carbocycles. The first-order chi connectivity index (χ1) is 16.4. The fourth-order valence-corrected chi connectivity index (χ4v) is 4.88. The van der Waals surface area contributed by atoms with E-state index in [1.807, 2.05) is 18.2 Å². The maximum atomic E-state index is 13.2. The SMILES string of the molecule is COCCCNC(=O)Cn1cc(/C=C2/C(=O)NC(=O)N(C3CCCC3)C2=O)c2cc(Br)ccc21. The van der Waals surface area contributed by atoms with Crippen LogP contribution in [0.1, 0.15) is 37.7 Å². The summed E-state index contributed by atoms with van der Waals surface area (Å²) < 4.78 is 7.60.